The second-order valence-corrected chi connectivity index (χ2v) is 4.68. The van der Waals surface area contributed by atoms with Crippen LogP contribution in [-0.2, 0) is 9.53 Å². The highest BCUT2D eigenvalue weighted by Crippen LogP contribution is 2.17. The molecule has 2 atom stereocenters. The van der Waals surface area contributed by atoms with E-state index in [1.54, 1.807) is 11.8 Å². The number of rotatable bonds is 6. The Bertz CT molecular complexity index is 150. The average molecular weight is 206 g/mol. The first-order chi connectivity index (χ1) is 6.10. The third kappa shape index (κ3) is 6.90. The molecule has 0 aliphatic rings. The first-order valence-corrected chi connectivity index (χ1v) is 5.44. The molecule has 0 bridgehead atoms. The van der Waals surface area contributed by atoms with E-state index < -0.39 is 0 Å². The van der Waals surface area contributed by atoms with E-state index in [0.29, 0.717) is 12.3 Å². The molecule has 0 aromatic heterocycles. The molecule has 0 rings (SSSR count). The van der Waals surface area contributed by atoms with E-state index in [2.05, 4.69) is 4.74 Å². The lowest BCUT2D eigenvalue weighted by atomic mass is 10.2. The van der Waals surface area contributed by atoms with Gasteiger partial charge in [0.25, 0.3) is 0 Å². The maximum Gasteiger partial charge on any atom is 0.306 e. The Morgan fingerprint density at radius 1 is 1.54 bits per heavy atom. The Hall–Kier alpha value is -0.220. The van der Waals surface area contributed by atoms with Gasteiger partial charge in [0, 0.05) is 11.9 Å². The van der Waals surface area contributed by atoms with Crippen LogP contribution in [0.25, 0.3) is 0 Å². The van der Waals surface area contributed by atoms with Crippen molar-refractivity contribution in [1.29, 1.82) is 0 Å². The molecule has 78 valence electrons. The Kier molecular flexibility index (Phi) is 7.09. The molecular weight excluding hydrogens is 188 g/mol. The highest BCUT2D eigenvalue weighted by atomic mass is 32.2. The van der Waals surface area contributed by atoms with Gasteiger partial charge >= 0.3 is 5.97 Å². The second-order valence-electron chi connectivity index (χ2n) is 3.21. The number of carbonyl (C=O) groups excluding carboxylic acids is 1. The maximum absolute atomic E-state index is 10.9. The summed E-state index contributed by atoms with van der Waals surface area (Å²) in [4.78, 5) is 10.9. The minimum absolute atomic E-state index is 0.170. The van der Waals surface area contributed by atoms with Crippen LogP contribution >= 0.6 is 11.8 Å². The third-order valence-electron chi connectivity index (χ3n) is 1.66. The van der Waals surface area contributed by atoms with Crippen molar-refractivity contribution >= 4 is 17.7 Å². The summed E-state index contributed by atoms with van der Waals surface area (Å²) < 4.78 is 4.55. The number of ether oxygens (including phenoxy) is 1. The highest BCUT2D eigenvalue weighted by Gasteiger charge is 2.10. The van der Waals surface area contributed by atoms with Gasteiger partial charge < -0.3 is 9.84 Å². The van der Waals surface area contributed by atoms with Crippen LogP contribution < -0.4 is 0 Å². The minimum atomic E-state index is -0.170. The monoisotopic (exact) mass is 206 g/mol. The van der Waals surface area contributed by atoms with Crippen LogP contribution in [0.2, 0.25) is 0 Å². The van der Waals surface area contributed by atoms with Crippen molar-refractivity contribution in [3.05, 3.63) is 0 Å². The fraction of sp³-hybridized carbons (Fsp3) is 0.889. The predicted molar refractivity (Wildman–Crippen MR) is 54.8 cm³/mol. The predicted octanol–water partition coefficient (Wildman–Crippen LogP) is 1.30. The molecule has 0 fully saturated rings. The van der Waals surface area contributed by atoms with E-state index in [9.17, 15) is 4.79 Å². The summed E-state index contributed by atoms with van der Waals surface area (Å²) in [5.41, 5.74) is 0. The highest BCUT2D eigenvalue weighted by molar-refractivity contribution is 7.99. The Morgan fingerprint density at radius 3 is 2.62 bits per heavy atom. The third-order valence-corrected chi connectivity index (χ3v) is 3.16. The zero-order valence-electron chi connectivity index (χ0n) is 8.45. The van der Waals surface area contributed by atoms with E-state index in [0.717, 1.165) is 5.75 Å². The second kappa shape index (κ2) is 7.21. The van der Waals surface area contributed by atoms with Gasteiger partial charge in [-0.15, -0.1) is 0 Å². The van der Waals surface area contributed by atoms with Crippen LogP contribution in [0, 0.1) is 5.92 Å². The minimum Gasteiger partial charge on any atom is -0.469 e. The van der Waals surface area contributed by atoms with Crippen molar-refractivity contribution in [2.75, 3.05) is 19.5 Å². The summed E-state index contributed by atoms with van der Waals surface area (Å²) in [6.45, 7) is 4.18. The van der Waals surface area contributed by atoms with Crippen LogP contribution in [0.5, 0.6) is 0 Å². The van der Waals surface area contributed by atoms with Crippen molar-refractivity contribution in [1.82, 2.24) is 0 Å². The van der Waals surface area contributed by atoms with Crippen LogP contribution in [0.4, 0.5) is 0 Å². The molecule has 0 aliphatic heterocycles. The number of methoxy groups -OCH3 is 1. The molecule has 0 saturated carbocycles. The molecular formula is C9H18O3S. The van der Waals surface area contributed by atoms with Crippen molar-refractivity contribution in [3.8, 4) is 0 Å². The van der Waals surface area contributed by atoms with Crippen molar-refractivity contribution in [2.45, 2.75) is 25.5 Å². The van der Waals surface area contributed by atoms with Gasteiger partial charge in [0.1, 0.15) is 0 Å². The lowest BCUT2D eigenvalue weighted by Gasteiger charge is -2.12. The largest absolute Gasteiger partial charge is 0.469 e. The maximum atomic E-state index is 10.9. The zero-order valence-corrected chi connectivity index (χ0v) is 9.26. The SMILES string of the molecule is COC(=O)CC(C)SCC(C)CO. The van der Waals surface area contributed by atoms with Crippen molar-refractivity contribution in [3.63, 3.8) is 0 Å². The summed E-state index contributed by atoms with van der Waals surface area (Å²) in [6, 6.07) is 0. The first-order valence-electron chi connectivity index (χ1n) is 4.39. The Morgan fingerprint density at radius 2 is 2.15 bits per heavy atom. The summed E-state index contributed by atoms with van der Waals surface area (Å²) in [5, 5.41) is 9.04. The summed E-state index contributed by atoms with van der Waals surface area (Å²) in [7, 11) is 1.40. The van der Waals surface area contributed by atoms with Gasteiger partial charge in [-0.25, -0.2) is 0 Å². The lowest BCUT2D eigenvalue weighted by Crippen LogP contribution is -2.12. The quantitative estimate of drug-likeness (QED) is 0.665. The lowest BCUT2D eigenvalue weighted by molar-refractivity contribution is -0.140. The van der Waals surface area contributed by atoms with Crippen LogP contribution in [0.15, 0.2) is 0 Å². The Balaban J connectivity index is 3.50. The fourth-order valence-electron chi connectivity index (χ4n) is 0.758. The molecule has 13 heavy (non-hydrogen) atoms. The molecule has 0 aromatic carbocycles. The van der Waals surface area contributed by atoms with E-state index in [-0.39, 0.29) is 17.8 Å². The van der Waals surface area contributed by atoms with Crippen LogP contribution in [0.3, 0.4) is 0 Å². The number of aliphatic hydroxyl groups excluding tert-OH is 1. The molecule has 2 unspecified atom stereocenters. The zero-order chi connectivity index (χ0) is 10.3. The summed E-state index contributed by atoms with van der Waals surface area (Å²) in [6.07, 6.45) is 0.444. The van der Waals surface area contributed by atoms with Gasteiger partial charge in [0.05, 0.1) is 13.5 Å². The number of hydrogen-bond donors (Lipinski definition) is 1. The van der Waals surface area contributed by atoms with Gasteiger partial charge in [0.2, 0.25) is 0 Å². The number of aliphatic hydroxyl groups is 1. The topological polar surface area (TPSA) is 46.5 Å². The van der Waals surface area contributed by atoms with E-state index >= 15 is 0 Å². The molecule has 0 aromatic rings. The van der Waals surface area contributed by atoms with Gasteiger partial charge in [-0.1, -0.05) is 13.8 Å². The fourth-order valence-corrected chi connectivity index (χ4v) is 1.77. The molecule has 0 heterocycles. The van der Waals surface area contributed by atoms with Gasteiger partial charge in [0.15, 0.2) is 0 Å². The van der Waals surface area contributed by atoms with Gasteiger partial charge in [-0.2, -0.15) is 11.8 Å². The number of carbonyl (C=O) groups is 1. The van der Waals surface area contributed by atoms with E-state index in [4.69, 9.17) is 5.11 Å². The Labute approximate surface area is 83.9 Å². The van der Waals surface area contributed by atoms with Crippen LogP contribution in [0.1, 0.15) is 20.3 Å². The summed E-state index contributed by atoms with van der Waals surface area (Å²) in [5.74, 6) is 1.01. The first kappa shape index (κ1) is 12.8. The van der Waals surface area contributed by atoms with Crippen molar-refractivity contribution < 1.29 is 14.6 Å². The summed E-state index contributed by atoms with van der Waals surface area (Å²) >= 11 is 1.69. The van der Waals surface area contributed by atoms with E-state index in [1.807, 2.05) is 13.8 Å². The van der Waals surface area contributed by atoms with E-state index in [1.165, 1.54) is 7.11 Å². The number of hydrogen-bond acceptors (Lipinski definition) is 4. The molecule has 0 amide bonds. The number of esters is 1. The molecule has 0 spiro atoms. The average Bonchev–Trinajstić information content (AvgIpc) is 2.13. The normalized spacial score (nSPS) is 15.1. The standard InChI is InChI=1S/C9H18O3S/c1-7(5-10)6-13-8(2)4-9(11)12-3/h7-8,10H,4-6H2,1-3H3. The van der Waals surface area contributed by atoms with Crippen molar-refractivity contribution in [2.24, 2.45) is 5.92 Å². The number of thioether (sulfide) groups is 1. The van der Waals surface area contributed by atoms with Crippen LogP contribution in [-0.4, -0.2) is 35.8 Å². The molecule has 3 nitrogen and oxygen atoms in total. The molecule has 4 heteroatoms. The molecule has 1 N–H and O–H groups in total. The smallest absolute Gasteiger partial charge is 0.306 e. The molecule has 0 saturated heterocycles. The van der Waals surface area contributed by atoms with Gasteiger partial charge in [-0.05, 0) is 11.7 Å². The molecule has 0 radical (unpaired) electrons. The van der Waals surface area contributed by atoms with Gasteiger partial charge in [-0.3, -0.25) is 4.79 Å². The molecule has 0 aliphatic carbocycles.